The summed E-state index contributed by atoms with van der Waals surface area (Å²) < 4.78 is 7.11. The van der Waals surface area contributed by atoms with Crippen LogP contribution in [-0.2, 0) is 6.54 Å². The molecule has 0 saturated heterocycles. The number of para-hydroxylation sites is 1. The maximum Gasteiger partial charge on any atom is 0.269 e. The van der Waals surface area contributed by atoms with Gasteiger partial charge in [0.15, 0.2) is 0 Å². The molecule has 0 atom stereocenters. The molecule has 7 heteroatoms. The van der Waals surface area contributed by atoms with E-state index in [2.05, 4.69) is 15.5 Å². The number of benzene rings is 3. The number of nitrogens with zero attached hydrogens (tertiary/aromatic N) is 3. The van der Waals surface area contributed by atoms with Gasteiger partial charge in [-0.15, -0.1) is 0 Å². The van der Waals surface area contributed by atoms with Crippen molar-refractivity contribution in [3.8, 4) is 34.0 Å². The third-order valence-corrected chi connectivity index (χ3v) is 5.49. The van der Waals surface area contributed by atoms with E-state index in [4.69, 9.17) is 9.84 Å². The molecular formula is C27H23N5O2. The standard InChI is InChI=1S/C27H23N5O2/c1-34-23-14-8-11-20(15-23)24-16-25(30-29-24)27(33)28-17-21-18-32(22-12-6-3-7-13-22)31-26(21)19-9-4-2-5-10-19/h2-16,18H,17H2,1H3,(H,28,33)(H,29,30). The van der Waals surface area contributed by atoms with Crippen LogP contribution in [0.15, 0.2) is 97.2 Å². The van der Waals surface area contributed by atoms with Gasteiger partial charge < -0.3 is 10.1 Å². The van der Waals surface area contributed by atoms with E-state index in [1.807, 2.05) is 95.8 Å². The molecule has 0 aliphatic carbocycles. The van der Waals surface area contributed by atoms with Crippen LogP contribution in [0.5, 0.6) is 5.75 Å². The highest BCUT2D eigenvalue weighted by molar-refractivity contribution is 5.93. The number of H-pyrrole nitrogens is 1. The van der Waals surface area contributed by atoms with Crippen molar-refractivity contribution in [3.05, 3.63) is 108 Å². The number of methoxy groups -OCH3 is 1. The molecule has 3 aromatic carbocycles. The molecule has 34 heavy (non-hydrogen) atoms. The number of hydrogen-bond acceptors (Lipinski definition) is 4. The maximum absolute atomic E-state index is 12.9. The van der Waals surface area contributed by atoms with Crippen molar-refractivity contribution in [1.29, 1.82) is 0 Å². The summed E-state index contributed by atoms with van der Waals surface area (Å²) in [6.07, 6.45) is 1.95. The summed E-state index contributed by atoms with van der Waals surface area (Å²) in [6.45, 7) is 0.323. The molecule has 0 aliphatic heterocycles. The maximum atomic E-state index is 12.9. The van der Waals surface area contributed by atoms with Crippen LogP contribution < -0.4 is 10.1 Å². The van der Waals surface area contributed by atoms with Crippen molar-refractivity contribution in [3.63, 3.8) is 0 Å². The third kappa shape index (κ3) is 4.45. The first-order chi connectivity index (χ1) is 16.7. The van der Waals surface area contributed by atoms with E-state index >= 15 is 0 Å². The SMILES string of the molecule is COc1cccc(-c2cc(C(=O)NCc3cn(-c4ccccc4)nc3-c3ccccc3)[nH]n2)c1. The summed E-state index contributed by atoms with van der Waals surface area (Å²) in [5.41, 5.74) is 5.60. The normalized spacial score (nSPS) is 10.7. The summed E-state index contributed by atoms with van der Waals surface area (Å²) in [5, 5.41) is 14.9. The van der Waals surface area contributed by atoms with Gasteiger partial charge in [-0.1, -0.05) is 60.7 Å². The zero-order valence-electron chi connectivity index (χ0n) is 18.6. The molecular weight excluding hydrogens is 426 g/mol. The van der Waals surface area contributed by atoms with Crippen LogP contribution >= 0.6 is 0 Å². The van der Waals surface area contributed by atoms with E-state index in [1.54, 1.807) is 13.2 Å². The summed E-state index contributed by atoms with van der Waals surface area (Å²) >= 11 is 0. The van der Waals surface area contributed by atoms with E-state index in [0.717, 1.165) is 33.8 Å². The fourth-order valence-corrected chi connectivity index (χ4v) is 3.73. The Bertz CT molecular complexity index is 1410. The fourth-order valence-electron chi connectivity index (χ4n) is 3.73. The van der Waals surface area contributed by atoms with Crippen LogP contribution in [0.2, 0.25) is 0 Å². The Morgan fingerprint density at radius 2 is 1.68 bits per heavy atom. The number of hydrogen-bond donors (Lipinski definition) is 2. The molecule has 0 spiro atoms. The third-order valence-electron chi connectivity index (χ3n) is 5.49. The molecule has 0 unspecified atom stereocenters. The molecule has 0 radical (unpaired) electrons. The van der Waals surface area contributed by atoms with Gasteiger partial charge in [0.1, 0.15) is 11.4 Å². The van der Waals surface area contributed by atoms with E-state index in [1.165, 1.54) is 0 Å². The van der Waals surface area contributed by atoms with Crippen molar-refractivity contribution >= 4 is 5.91 Å². The van der Waals surface area contributed by atoms with Crippen LogP contribution in [0.1, 0.15) is 16.1 Å². The second-order valence-corrected chi connectivity index (χ2v) is 7.73. The molecule has 168 valence electrons. The number of ether oxygens (including phenoxy) is 1. The average Bonchev–Trinajstić information content (AvgIpc) is 3.57. The Labute approximate surface area is 197 Å². The first kappa shape index (κ1) is 21.2. The molecule has 2 N–H and O–H groups in total. The minimum atomic E-state index is -0.242. The van der Waals surface area contributed by atoms with Gasteiger partial charge in [0.05, 0.1) is 24.2 Å². The first-order valence-corrected chi connectivity index (χ1v) is 10.9. The van der Waals surface area contributed by atoms with Gasteiger partial charge in [0.25, 0.3) is 5.91 Å². The molecule has 2 heterocycles. The van der Waals surface area contributed by atoms with Gasteiger partial charge in [-0.3, -0.25) is 9.89 Å². The van der Waals surface area contributed by atoms with Crippen LogP contribution in [-0.4, -0.2) is 33.0 Å². The van der Waals surface area contributed by atoms with Crippen LogP contribution in [0.3, 0.4) is 0 Å². The van der Waals surface area contributed by atoms with Gasteiger partial charge in [-0.25, -0.2) is 4.68 Å². The van der Waals surface area contributed by atoms with E-state index in [0.29, 0.717) is 17.9 Å². The highest BCUT2D eigenvalue weighted by Crippen LogP contribution is 2.25. The molecule has 1 amide bonds. The predicted molar refractivity (Wildman–Crippen MR) is 131 cm³/mol. The minimum Gasteiger partial charge on any atom is -0.497 e. The Kier molecular flexibility index (Phi) is 5.90. The Hall–Kier alpha value is -4.65. The monoisotopic (exact) mass is 449 g/mol. The van der Waals surface area contributed by atoms with Crippen molar-refractivity contribution in [2.75, 3.05) is 7.11 Å². The quantitative estimate of drug-likeness (QED) is 0.371. The lowest BCUT2D eigenvalue weighted by Crippen LogP contribution is -2.23. The summed E-state index contributed by atoms with van der Waals surface area (Å²) in [4.78, 5) is 12.9. The lowest BCUT2D eigenvalue weighted by atomic mass is 10.1. The zero-order valence-corrected chi connectivity index (χ0v) is 18.6. The zero-order chi connectivity index (χ0) is 23.3. The Balaban J connectivity index is 1.37. The topological polar surface area (TPSA) is 84.8 Å². The van der Waals surface area contributed by atoms with Crippen molar-refractivity contribution in [2.45, 2.75) is 6.54 Å². The summed E-state index contributed by atoms with van der Waals surface area (Å²) in [7, 11) is 1.62. The molecule has 0 aliphatic rings. The number of amides is 1. The van der Waals surface area contributed by atoms with E-state index in [-0.39, 0.29) is 5.91 Å². The van der Waals surface area contributed by atoms with Crippen molar-refractivity contribution in [2.24, 2.45) is 0 Å². The molecule has 2 aromatic heterocycles. The van der Waals surface area contributed by atoms with E-state index < -0.39 is 0 Å². The highest BCUT2D eigenvalue weighted by atomic mass is 16.5. The van der Waals surface area contributed by atoms with Gasteiger partial charge >= 0.3 is 0 Å². The number of carbonyl (C=O) groups excluding carboxylic acids is 1. The van der Waals surface area contributed by atoms with Gasteiger partial charge in [-0.2, -0.15) is 10.2 Å². The van der Waals surface area contributed by atoms with Crippen molar-refractivity contribution in [1.82, 2.24) is 25.3 Å². The van der Waals surface area contributed by atoms with E-state index in [9.17, 15) is 4.79 Å². The number of nitrogens with one attached hydrogen (secondary N) is 2. The highest BCUT2D eigenvalue weighted by Gasteiger charge is 2.15. The van der Waals surface area contributed by atoms with Gasteiger partial charge in [0.2, 0.25) is 0 Å². The second kappa shape index (κ2) is 9.46. The fraction of sp³-hybridized carbons (Fsp3) is 0.0741. The average molecular weight is 450 g/mol. The Morgan fingerprint density at radius 1 is 0.941 bits per heavy atom. The smallest absolute Gasteiger partial charge is 0.269 e. The van der Waals surface area contributed by atoms with Gasteiger partial charge in [-0.05, 0) is 30.3 Å². The predicted octanol–water partition coefficient (Wildman–Crippen LogP) is 4.87. The number of aromatic nitrogens is 4. The number of carbonyl (C=O) groups is 1. The second-order valence-electron chi connectivity index (χ2n) is 7.73. The minimum absolute atomic E-state index is 0.242. The van der Waals surface area contributed by atoms with Crippen LogP contribution in [0.25, 0.3) is 28.2 Å². The molecule has 5 aromatic rings. The molecule has 0 saturated carbocycles. The van der Waals surface area contributed by atoms with Crippen LogP contribution in [0, 0.1) is 0 Å². The summed E-state index contributed by atoms with van der Waals surface area (Å²) in [6, 6.07) is 29.1. The molecule has 0 bridgehead atoms. The largest absolute Gasteiger partial charge is 0.497 e. The number of aromatic amines is 1. The van der Waals surface area contributed by atoms with Crippen LogP contribution in [0.4, 0.5) is 0 Å². The molecule has 7 nitrogen and oxygen atoms in total. The van der Waals surface area contributed by atoms with Crippen molar-refractivity contribution < 1.29 is 9.53 Å². The Morgan fingerprint density at radius 3 is 2.44 bits per heavy atom. The number of rotatable bonds is 7. The lowest BCUT2D eigenvalue weighted by Gasteiger charge is -2.04. The molecule has 5 rings (SSSR count). The molecule has 0 fully saturated rings. The van der Waals surface area contributed by atoms with Gasteiger partial charge in [0, 0.05) is 29.4 Å². The lowest BCUT2D eigenvalue weighted by molar-refractivity contribution is 0.0946. The first-order valence-electron chi connectivity index (χ1n) is 10.9. The summed E-state index contributed by atoms with van der Waals surface area (Å²) in [5.74, 6) is 0.489.